The molecule has 0 saturated heterocycles. The summed E-state index contributed by atoms with van der Waals surface area (Å²) in [4.78, 5) is 4.29. The highest BCUT2D eigenvalue weighted by atomic mass is 19.3. The van der Waals surface area contributed by atoms with Gasteiger partial charge in [-0.05, 0) is 68.5 Å². The molecule has 7 heteroatoms. The van der Waals surface area contributed by atoms with Crippen LogP contribution >= 0.6 is 0 Å². The zero-order valence-electron chi connectivity index (χ0n) is 18.8. The number of nitrogens with zero attached hydrogens (tertiary/aromatic N) is 4. The summed E-state index contributed by atoms with van der Waals surface area (Å²) in [5, 5.41) is 7.40. The number of hydrogen-bond donors (Lipinski definition) is 1. The second kappa shape index (κ2) is 9.12. The van der Waals surface area contributed by atoms with E-state index < -0.39 is 6.43 Å². The van der Waals surface area contributed by atoms with Crippen molar-refractivity contribution in [3.05, 3.63) is 72.2 Å². The minimum atomic E-state index is -2.57. The number of fused-ring (bicyclic) bond motifs is 1. The first-order chi connectivity index (χ1) is 15.4. The maximum Gasteiger partial charge on any atom is 0.264 e. The smallest absolute Gasteiger partial charge is 0.264 e. The summed E-state index contributed by atoms with van der Waals surface area (Å²) in [5.74, 6) is 0. The summed E-state index contributed by atoms with van der Waals surface area (Å²) >= 11 is 0. The number of aryl methyl sites for hydroxylation is 2. The topological polar surface area (TPSA) is 36.3 Å². The second-order valence-electron chi connectivity index (χ2n) is 8.42. The highest BCUT2D eigenvalue weighted by Gasteiger charge is 2.26. The molecule has 2 heterocycles. The molecule has 0 spiro atoms. The van der Waals surface area contributed by atoms with Crippen molar-refractivity contribution in [3.63, 3.8) is 0 Å². The van der Waals surface area contributed by atoms with Crippen LogP contribution in [-0.2, 0) is 20.0 Å². The predicted octanol–water partition coefficient (Wildman–Crippen LogP) is 5.73. The Morgan fingerprint density at radius 1 is 1.25 bits per heavy atom. The lowest BCUT2D eigenvalue weighted by Crippen LogP contribution is -2.27. The highest BCUT2D eigenvalue weighted by Crippen LogP contribution is 2.43. The molecule has 0 saturated carbocycles. The number of hydrogen-bond acceptors (Lipinski definition) is 4. The zero-order valence-corrected chi connectivity index (χ0v) is 18.8. The minimum Gasteiger partial charge on any atom is -0.362 e. The predicted molar refractivity (Wildman–Crippen MR) is 127 cm³/mol. The van der Waals surface area contributed by atoms with E-state index in [1.807, 2.05) is 32.3 Å². The van der Waals surface area contributed by atoms with Crippen LogP contribution in [0, 0.1) is 0 Å². The SMILES string of the molecule is C=CNc1cccc(N2CCCc3cc(-c4cnn(C)c4)c(C(F)F)cc32)c1CN(C)C. The van der Waals surface area contributed by atoms with Crippen LogP contribution in [0.15, 0.2) is 55.5 Å². The monoisotopic (exact) mass is 437 g/mol. The first-order valence-electron chi connectivity index (χ1n) is 10.7. The van der Waals surface area contributed by atoms with Crippen LogP contribution in [0.5, 0.6) is 0 Å². The fourth-order valence-corrected chi connectivity index (χ4v) is 4.45. The molecule has 0 atom stereocenters. The van der Waals surface area contributed by atoms with Crippen molar-refractivity contribution in [3.8, 4) is 11.1 Å². The summed E-state index contributed by atoms with van der Waals surface area (Å²) in [5.41, 5.74) is 6.36. The number of alkyl halides is 2. The lowest BCUT2D eigenvalue weighted by Gasteiger charge is -2.35. The van der Waals surface area contributed by atoms with Gasteiger partial charge in [0.2, 0.25) is 0 Å². The summed E-state index contributed by atoms with van der Waals surface area (Å²) in [6.45, 7) is 5.29. The molecule has 0 unspecified atom stereocenters. The Hall–Kier alpha value is -3.19. The highest BCUT2D eigenvalue weighted by molar-refractivity contribution is 5.79. The van der Waals surface area contributed by atoms with Crippen LogP contribution in [0.1, 0.15) is 29.5 Å². The zero-order chi connectivity index (χ0) is 22.8. The standard InChI is InChI=1S/C25H29F2N5/c1-5-28-22-9-6-10-23(21(22)16-30(2)3)32-11-7-8-17-12-19(18-14-29-31(4)15-18)20(25(26)27)13-24(17)32/h5-6,9-10,12-15,25,28H,1,7-8,11,16H2,2-4H3. The Morgan fingerprint density at radius 2 is 2.06 bits per heavy atom. The van der Waals surface area contributed by atoms with Gasteiger partial charge < -0.3 is 15.1 Å². The van der Waals surface area contributed by atoms with Crippen LogP contribution in [0.3, 0.4) is 0 Å². The first-order valence-corrected chi connectivity index (χ1v) is 10.7. The van der Waals surface area contributed by atoms with Gasteiger partial charge in [-0.1, -0.05) is 12.6 Å². The van der Waals surface area contributed by atoms with Crippen molar-refractivity contribution < 1.29 is 8.78 Å². The molecule has 0 radical (unpaired) electrons. The van der Waals surface area contributed by atoms with E-state index in [1.165, 1.54) is 0 Å². The molecule has 32 heavy (non-hydrogen) atoms. The van der Waals surface area contributed by atoms with E-state index in [0.717, 1.165) is 47.6 Å². The lowest BCUT2D eigenvalue weighted by molar-refractivity contribution is 0.152. The van der Waals surface area contributed by atoms with Gasteiger partial charge >= 0.3 is 0 Å². The molecule has 2 aromatic carbocycles. The van der Waals surface area contributed by atoms with E-state index in [9.17, 15) is 8.78 Å². The molecule has 0 bridgehead atoms. The third kappa shape index (κ3) is 4.25. The van der Waals surface area contributed by atoms with Gasteiger partial charge in [0.15, 0.2) is 0 Å². The van der Waals surface area contributed by atoms with Gasteiger partial charge in [0.05, 0.1) is 6.20 Å². The minimum absolute atomic E-state index is 0.0400. The Bertz CT molecular complexity index is 1120. The number of benzene rings is 2. The quantitative estimate of drug-likeness (QED) is 0.512. The van der Waals surface area contributed by atoms with Gasteiger partial charge in [0, 0.05) is 60.1 Å². The van der Waals surface area contributed by atoms with E-state index in [0.29, 0.717) is 17.7 Å². The fraction of sp³-hybridized carbons (Fsp3) is 0.320. The molecule has 1 aliphatic rings. The van der Waals surface area contributed by atoms with Crippen molar-refractivity contribution in [1.82, 2.24) is 14.7 Å². The number of halogens is 2. The Labute approximate surface area is 188 Å². The van der Waals surface area contributed by atoms with Gasteiger partial charge in [-0.25, -0.2) is 8.78 Å². The van der Waals surface area contributed by atoms with Crippen LogP contribution in [-0.4, -0.2) is 35.3 Å². The third-order valence-corrected chi connectivity index (χ3v) is 5.79. The molecule has 0 aliphatic carbocycles. The maximum absolute atomic E-state index is 14.2. The van der Waals surface area contributed by atoms with E-state index in [1.54, 1.807) is 36.4 Å². The molecule has 5 nitrogen and oxygen atoms in total. The Kier molecular flexibility index (Phi) is 6.28. The molecule has 3 aromatic rings. The number of anilines is 3. The van der Waals surface area contributed by atoms with Gasteiger partial charge in [-0.3, -0.25) is 4.68 Å². The van der Waals surface area contributed by atoms with Crippen LogP contribution < -0.4 is 10.2 Å². The molecular formula is C25H29F2N5. The van der Waals surface area contributed by atoms with Gasteiger partial charge in [0.25, 0.3) is 6.43 Å². The van der Waals surface area contributed by atoms with Gasteiger partial charge in [-0.2, -0.15) is 5.10 Å². The van der Waals surface area contributed by atoms with E-state index in [-0.39, 0.29) is 5.56 Å². The van der Waals surface area contributed by atoms with Crippen molar-refractivity contribution in [2.75, 3.05) is 30.9 Å². The average molecular weight is 438 g/mol. The van der Waals surface area contributed by atoms with Crippen LogP contribution in [0.2, 0.25) is 0 Å². The number of rotatable bonds is 7. The number of nitrogens with one attached hydrogen (secondary N) is 1. The molecule has 1 aromatic heterocycles. The van der Waals surface area contributed by atoms with Crippen LogP contribution in [0.25, 0.3) is 11.1 Å². The third-order valence-electron chi connectivity index (χ3n) is 5.79. The Balaban J connectivity index is 1.87. The molecule has 1 aliphatic heterocycles. The molecule has 168 valence electrons. The van der Waals surface area contributed by atoms with E-state index >= 15 is 0 Å². The average Bonchev–Trinajstić information content (AvgIpc) is 3.19. The second-order valence-corrected chi connectivity index (χ2v) is 8.42. The van der Waals surface area contributed by atoms with Gasteiger partial charge in [-0.15, -0.1) is 0 Å². The van der Waals surface area contributed by atoms with E-state index in [4.69, 9.17) is 0 Å². The van der Waals surface area contributed by atoms with Crippen molar-refractivity contribution in [2.24, 2.45) is 7.05 Å². The summed E-state index contributed by atoms with van der Waals surface area (Å²) < 4.78 is 30.0. The molecule has 0 fully saturated rings. The van der Waals surface area contributed by atoms with Crippen molar-refractivity contribution in [1.29, 1.82) is 0 Å². The molecule has 0 amide bonds. The lowest BCUT2D eigenvalue weighted by atomic mass is 9.92. The van der Waals surface area contributed by atoms with Crippen LogP contribution in [0.4, 0.5) is 25.8 Å². The normalized spacial score (nSPS) is 13.5. The molecule has 1 N–H and O–H groups in total. The summed E-state index contributed by atoms with van der Waals surface area (Å²) in [6.07, 6.45) is 4.33. The van der Waals surface area contributed by atoms with E-state index in [2.05, 4.69) is 32.9 Å². The fourth-order valence-electron chi connectivity index (χ4n) is 4.45. The van der Waals surface area contributed by atoms with Crippen molar-refractivity contribution in [2.45, 2.75) is 25.8 Å². The van der Waals surface area contributed by atoms with Crippen molar-refractivity contribution >= 4 is 17.1 Å². The summed E-state index contributed by atoms with van der Waals surface area (Å²) in [6, 6.07) is 9.68. The maximum atomic E-state index is 14.2. The first kappa shape index (κ1) is 22.0. The largest absolute Gasteiger partial charge is 0.362 e. The summed E-state index contributed by atoms with van der Waals surface area (Å²) in [7, 11) is 5.84. The molecular weight excluding hydrogens is 408 g/mol. The van der Waals surface area contributed by atoms with Gasteiger partial charge in [0.1, 0.15) is 0 Å². The molecule has 4 rings (SSSR count). The number of aromatic nitrogens is 2. The Morgan fingerprint density at radius 3 is 2.72 bits per heavy atom.